The number of amides is 2. The van der Waals surface area contributed by atoms with Gasteiger partial charge in [-0.2, -0.15) is 0 Å². The summed E-state index contributed by atoms with van der Waals surface area (Å²) in [6.07, 6.45) is 2.94. The number of hydrogen-bond donors (Lipinski definition) is 1. The van der Waals surface area contributed by atoms with Crippen molar-refractivity contribution < 1.29 is 14.7 Å². The number of carbonyl (C=O) groups excluding carboxylic acids is 2. The molecule has 2 amide bonds. The summed E-state index contributed by atoms with van der Waals surface area (Å²) in [4.78, 5) is 30.2. The van der Waals surface area contributed by atoms with Crippen LogP contribution in [-0.4, -0.2) is 84.0 Å². The number of β-amino-alcohol motifs (C(OH)–C–C–N with tert-alkyl or cyclic N) is 1. The van der Waals surface area contributed by atoms with Crippen LogP contribution in [0.5, 0.6) is 0 Å². The van der Waals surface area contributed by atoms with E-state index in [1.807, 2.05) is 4.90 Å². The predicted molar refractivity (Wildman–Crippen MR) is 79.6 cm³/mol. The van der Waals surface area contributed by atoms with Gasteiger partial charge in [0.1, 0.15) is 0 Å². The first kappa shape index (κ1) is 16.0. The lowest BCUT2D eigenvalue weighted by Crippen LogP contribution is -2.40. The lowest BCUT2D eigenvalue weighted by Gasteiger charge is -2.24. The second-order valence-electron chi connectivity index (χ2n) is 5.73. The summed E-state index contributed by atoms with van der Waals surface area (Å²) in [7, 11) is 0. The highest BCUT2D eigenvalue weighted by Crippen LogP contribution is 2.20. The van der Waals surface area contributed by atoms with Gasteiger partial charge < -0.3 is 14.9 Å². The molecule has 0 radical (unpaired) electrons. The van der Waals surface area contributed by atoms with Crippen molar-refractivity contribution in [1.82, 2.24) is 14.7 Å². The molecule has 0 spiro atoms. The van der Waals surface area contributed by atoms with Gasteiger partial charge in [-0.3, -0.25) is 14.5 Å². The van der Waals surface area contributed by atoms with Crippen molar-refractivity contribution in [1.29, 1.82) is 0 Å². The second-order valence-corrected chi connectivity index (χ2v) is 5.73. The zero-order chi connectivity index (χ0) is 15.2. The van der Waals surface area contributed by atoms with Crippen molar-refractivity contribution in [3.63, 3.8) is 0 Å². The van der Waals surface area contributed by atoms with Gasteiger partial charge in [-0.15, -0.1) is 6.58 Å². The molecule has 0 bridgehead atoms. The van der Waals surface area contributed by atoms with Gasteiger partial charge in [-0.05, 0) is 13.0 Å². The molecule has 0 aromatic rings. The van der Waals surface area contributed by atoms with Crippen molar-refractivity contribution in [3.8, 4) is 0 Å². The second kappa shape index (κ2) is 7.56. The summed E-state index contributed by atoms with van der Waals surface area (Å²) in [5, 5.41) is 8.99. The van der Waals surface area contributed by atoms with Crippen LogP contribution in [-0.2, 0) is 9.59 Å². The van der Waals surface area contributed by atoms with Gasteiger partial charge in [-0.25, -0.2) is 0 Å². The summed E-state index contributed by atoms with van der Waals surface area (Å²) in [6, 6.07) is 0. The Morgan fingerprint density at radius 3 is 2.86 bits per heavy atom. The van der Waals surface area contributed by atoms with Gasteiger partial charge in [0.2, 0.25) is 11.8 Å². The Hall–Kier alpha value is -1.40. The fourth-order valence-electron chi connectivity index (χ4n) is 3.08. The smallest absolute Gasteiger partial charge is 0.228 e. The molecule has 2 aliphatic rings. The van der Waals surface area contributed by atoms with Crippen LogP contribution in [0.2, 0.25) is 0 Å². The van der Waals surface area contributed by atoms with Gasteiger partial charge in [0.15, 0.2) is 0 Å². The highest BCUT2D eigenvalue weighted by molar-refractivity contribution is 5.89. The number of nitrogens with zero attached hydrogens (tertiary/aromatic N) is 3. The molecule has 1 atom stereocenters. The zero-order valence-corrected chi connectivity index (χ0v) is 12.5. The van der Waals surface area contributed by atoms with Crippen LogP contribution in [0, 0.1) is 5.92 Å². The number of likely N-dealkylation sites (tertiary alicyclic amines) is 1. The molecule has 2 heterocycles. The van der Waals surface area contributed by atoms with Crippen molar-refractivity contribution >= 4 is 11.8 Å². The molecule has 2 saturated heterocycles. The fraction of sp³-hybridized carbons (Fsp3) is 0.733. The van der Waals surface area contributed by atoms with E-state index in [0.717, 1.165) is 26.1 Å². The first-order chi connectivity index (χ1) is 10.2. The number of aliphatic hydroxyl groups is 1. The number of hydrogen-bond acceptors (Lipinski definition) is 4. The van der Waals surface area contributed by atoms with Gasteiger partial charge in [0.25, 0.3) is 0 Å². The Morgan fingerprint density at radius 2 is 2.14 bits per heavy atom. The zero-order valence-electron chi connectivity index (χ0n) is 12.5. The summed E-state index contributed by atoms with van der Waals surface area (Å²) in [5.41, 5.74) is 0. The van der Waals surface area contributed by atoms with Crippen LogP contribution >= 0.6 is 0 Å². The molecule has 2 fully saturated rings. The highest BCUT2D eigenvalue weighted by Gasteiger charge is 2.36. The molecule has 21 heavy (non-hydrogen) atoms. The van der Waals surface area contributed by atoms with Gasteiger partial charge in [-0.1, -0.05) is 6.08 Å². The average molecular weight is 295 g/mol. The third-order valence-electron chi connectivity index (χ3n) is 4.23. The van der Waals surface area contributed by atoms with Gasteiger partial charge in [0.05, 0.1) is 12.5 Å². The lowest BCUT2D eigenvalue weighted by atomic mass is 10.1. The Bertz CT molecular complexity index is 400. The molecule has 0 aromatic heterocycles. The normalized spacial score (nSPS) is 24.2. The molecular formula is C15H25N3O3. The molecule has 2 aliphatic heterocycles. The molecule has 0 saturated carbocycles. The lowest BCUT2D eigenvalue weighted by molar-refractivity contribution is -0.135. The average Bonchev–Trinajstić information content (AvgIpc) is 2.69. The summed E-state index contributed by atoms with van der Waals surface area (Å²) in [5.74, 6) is -0.0624. The molecule has 1 N–H and O–H groups in total. The van der Waals surface area contributed by atoms with Crippen LogP contribution in [0.3, 0.4) is 0 Å². The quantitative estimate of drug-likeness (QED) is 0.698. The third kappa shape index (κ3) is 4.04. The minimum atomic E-state index is -0.207. The van der Waals surface area contributed by atoms with Gasteiger partial charge in [0, 0.05) is 45.7 Å². The van der Waals surface area contributed by atoms with Crippen LogP contribution in [0.4, 0.5) is 0 Å². The van der Waals surface area contributed by atoms with Crippen molar-refractivity contribution in [2.24, 2.45) is 5.92 Å². The topological polar surface area (TPSA) is 64.1 Å². The molecule has 6 nitrogen and oxygen atoms in total. The van der Waals surface area contributed by atoms with Crippen molar-refractivity contribution in [3.05, 3.63) is 12.7 Å². The van der Waals surface area contributed by atoms with E-state index in [9.17, 15) is 9.59 Å². The number of rotatable bonds is 5. The minimum Gasteiger partial charge on any atom is -0.395 e. The van der Waals surface area contributed by atoms with E-state index < -0.39 is 0 Å². The summed E-state index contributed by atoms with van der Waals surface area (Å²) >= 11 is 0. The van der Waals surface area contributed by atoms with Gasteiger partial charge >= 0.3 is 0 Å². The fourth-order valence-corrected chi connectivity index (χ4v) is 3.08. The van der Waals surface area contributed by atoms with Crippen LogP contribution < -0.4 is 0 Å². The molecule has 2 rings (SSSR count). The Labute approximate surface area is 126 Å². The van der Waals surface area contributed by atoms with E-state index >= 15 is 0 Å². The van der Waals surface area contributed by atoms with E-state index in [1.165, 1.54) is 0 Å². The van der Waals surface area contributed by atoms with E-state index in [4.69, 9.17) is 5.11 Å². The molecule has 0 aliphatic carbocycles. The van der Waals surface area contributed by atoms with Crippen LogP contribution in [0.1, 0.15) is 12.8 Å². The van der Waals surface area contributed by atoms with E-state index in [-0.39, 0.29) is 24.3 Å². The number of carbonyl (C=O) groups is 2. The SMILES string of the molecule is C=CCN1CC(C(=O)N2CCCN(CCO)CC2)CC1=O. The predicted octanol–water partition coefficient (Wildman–Crippen LogP) is -0.452. The Kier molecular flexibility index (Phi) is 5.76. The van der Waals surface area contributed by atoms with Crippen LogP contribution in [0.25, 0.3) is 0 Å². The van der Waals surface area contributed by atoms with E-state index in [1.54, 1.807) is 11.0 Å². The van der Waals surface area contributed by atoms with E-state index in [2.05, 4.69) is 11.5 Å². The monoisotopic (exact) mass is 295 g/mol. The molecular weight excluding hydrogens is 270 g/mol. The Morgan fingerprint density at radius 1 is 1.33 bits per heavy atom. The van der Waals surface area contributed by atoms with Crippen LogP contribution in [0.15, 0.2) is 12.7 Å². The maximum atomic E-state index is 12.6. The molecule has 118 valence electrons. The minimum absolute atomic E-state index is 0.0463. The highest BCUT2D eigenvalue weighted by atomic mass is 16.3. The molecule has 0 aromatic carbocycles. The van der Waals surface area contributed by atoms with E-state index in [0.29, 0.717) is 32.6 Å². The summed E-state index contributed by atoms with van der Waals surface area (Å²) < 4.78 is 0. The third-order valence-corrected chi connectivity index (χ3v) is 4.23. The summed E-state index contributed by atoms with van der Waals surface area (Å²) in [6.45, 7) is 8.63. The van der Waals surface area contributed by atoms with Crippen molar-refractivity contribution in [2.75, 3.05) is 52.4 Å². The largest absolute Gasteiger partial charge is 0.395 e. The Balaban J connectivity index is 1.88. The van der Waals surface area contributed by atoms with Crippen molar-refractivity contribution in [2.45, 2.75) is 12.8 Å². The molecule has 6 heteroatoms. The maximum Gasteiger partial charge on any atom is 0.228 e. The first-order valence-corrected chi connectivity index (χ1v) is 7.66. The maximum absolute atomic E-state index is 12.6. The molecule has 1 unspecified atom stereocenters. The first-order valence-electron chi connectivity index (χ1n) is 7.66. The standard InChI is InChI=1S/C15H25N3O3/c1-2-4-18-12-13(11-14(18)20)15(21)17-6-3-5-16(7-8-17)9-10-19/h2,13,19H,1,3-12H2. The number of aliphatic hydroxyl groups excluding tert-OH is 1.